The van der Waals surface area contributed by atoms with E-state index in [2.05, 4.69) is 6.08 Å². The Morgan fingerprint density at radius 1 is 1.14 bits per heavy atom. The number of methoxy groups -OCH3 is 1. The zero-order valence-corrected chi connectivity index (χ0v) is 24.4. The summed E-state index contributed by atoms with van der Waals surface area (Å²) in [6.45, 7) is 6.06. The molecule has 4 atom stereocenters. The number of hydrogen-bond donors (Lipinski definition) is 4. The fraction of sp³-hybridized carbons (Fsp3) is 0.419. The number of carbonyl (C=O) groups excluding carboxylic acids is 2. The number of ether oxygens (including phenoxy) is 1. The smallest absolute Gasteiger partial charge is 0.488 e. The highest BCUT2D eigenvalue weighted by Gasteiger charge is 2.57. The number of rotatable bonds is 8. The number of carbonyl (C=O) groups is 2. The number of amides is 2. The minimum Gasteiger partial charge on any atom is -0.507 e. The third-order valence-electron chi connectivity index (χ3n) is 8.78. The van der Waals surface area contributed by atoms with Crippen molar-refractivity contribution in [2.24, 2.45) is 17.8 Å². The lowest BCUT2D eigenvalue weighted by atomic mass is 9.58. The molecule has 1 aliphatic carbocycles. The minimum atomic E-state index is -1.73. The van der Waals surface area contributed by atoms with Crippen LogP contribution in [0.25, 0.3) is 6.08 Å². The van der Waals surface area contributed by atoms with Crippen LogP contribution in [0, 0.1) is 31.6 Å². The van der Waals surface area contributed by atoms with E-state index in [-0.39, 0.29) is 29.5 Å². The average molecular weight is 573 g/mol. The first-order valence-electron chi connectivity index (χ1n) is 14.4. The number of phenolic OH excluding ortho intramolecular Hbond substituents is 1. The van der Waals surface area contributed by atoms with Crippen molar-refractivity contribution in [1.82, 2.24) is 0 Å². The summed E-state index contributed by atoms with van der Waals surface area (Å²) < 4.78 is 11.6. The maximum atomic E-state index is 13.9. The Kier molecular flexibility index (Phi) is 8.78. The molecule has 0 unspecified atom stereocenters. The van der Waals surface area contributed by atoms with E-state index in [4.69, 9.17) is 9.39 Å². The number of anilines is 1. The van der Waals surface area contributed by atoms with E-state index < -0.39 is 32.2 Å². The quantitative estimate of drug-likeness (QED) is 0.215. The highest BCUT2D eigenvalue weighted by molar-refractivity contribution is 6.58. The van der Waals surface area contributed by atoms with Crippen molar-refractivity contribution >= 4 is 43.3 Å². The van der Waals surface area contributed by atoms with Crippen molar-refractivity contribution in [3.63, 3.8) is 0 Å². The van der Waals surface area contributed by atoms with Gasteiger partial charge in [-0.05, 0) is 110 Å². The number of imide groups is 1. The summed E-state index contributed by atoms with van der Waals surface area (Å²) in [4.78, 5) is 28.7. The lowest BCUT2D eigenvalue weighted by molar-refractivity contribution is -0.122. The Morgan fingerprint density at radius 3 is 2.52 bits per heavy atom. The Labute approximate surface area is 246 Å². The lowest BCUT2D eigenvalue weighted by Crippen LogP contribution is -2.46. The fourth-order valence-corrected chi connectivity index (χ4v) is 6.94. The standard InChI is InChI=1S/C31H37B2NO8/c1-17(10-20-11-18(2)29(35)19(3)12-20)8-9-26-27-21(16-41-4)13-24-28(25(27)15-32(38)42-26)31(37)34(30(24)36)23-7-5-6-22(14-23)33(39)40/h5-7,10-12,14,24-26,28,35,38-40H,8-9,13,15-16H2,1-4H3/b17-10+/t24-,25+,26-,28-/m1/s1. The molecular weight excluding hydrogens is 536 g/mol. The minimum absolute atomic E-state index is 0.185. The predicted octanol–water partition coefficient (Wildman–Crippen LogP) is 2.52. The second-order valence-electron chi connectivity index (χ2n) is 11.8. The van der Waals surface area contributed by atoms with Crippen molar-refractivity contribution in [3.8, 4) is 5.75 Å². The zero-order valence-electron chi connectivity index (χ0n) is 24.4. The molecule has 3 aliphatic rings. The number of aryl methyl sites for hydroxylation is 2. The van der Waals surface area contributed by atoms with E-state index >= 15 is 0 Å². The maximum Gasteiger partial charge on any atom is 0.488 e. The maximum absolute atomic E-state index is 13.9. The fourth-order valence-electron chi connectivity index (χ4n) is 6.94. The molecule has 4 N–H and O–H groups in total. The molecule has 2 saturated heterocycles. The predicted molar refractivity (Wildman–Crippen MR) is 161 cm³/mol. The lowest BCUT2D eigenvalue weighted by Gasteiger charge is -2.43. The summed E-state index contributed by atoms with van der Waals surface area (Å²) in [5.41, 5.74) is 6.07. The molecule has 220 valence electrons. The Hall–Kier alpha value is -3.21. The molecule has 0 bridgehead atoms. The van der Waals surface area contributed by atoms with Gasteiger partial charge in [-0.2, -0.15) is 0 Å². The molecule has 0 aromatic heterocycles. The number of benzene rings is 2. The van der Waals surface area contributed by atoms with E-state index in [1.54, 1.807) is 19.2 Å². The van der Waals surface area contributed by atoms with Crippen molar-refractivity contribution in [3.05, 3.63) is 69.8 Å². The van der Waals surface area contributed by atoms with Gasteiger partial charge in [0.25, 0.3) is 0 Å². The van der Waals surface area contributed by atoms with E-state index in [9.17, 15) is 29.8 Å². The van der Waals surface area contributed by atoms with Crippen LogP contribution in [0.2, 0.25) is 6.32 Å². The average Bonchev–Trinajstić information content (AvgIpc) is 3.19. The van der Waals surface area contributed by atoms with Gasteiger partial charge in [-0.15, -0.1) is 0 Å². The summed E-state index contributed by atoms with van der Waals surface area (Å²) in [6.07, 6.45) is 3.44. The Morgan fingerprint density at radius 2 is 1.86 bits per heavy atom. The molecule has 2 heterocycles. The molecule has 42 heavy (non-hydrogen) atoms. The molecule has 2 aliphatic heterocycles. The SMILES string of the molecule is COCC1=C2[C@@H](CC/C(C)=C/c3cc(C)c(O)c(C)c3)OB(O)C[C@@H]2[C@@H]2C(=O)N(c3cccc(B(O)O)c3)C(=O)[C@@H]2C1. The highest BCUT2D eigenvalue weighted by Crippen LogP contribution is 2.51. The summed E-state index contributed by atoms with van der Waals surface area (Å²) >= 11 is 0. The van der Waals surface area contributed by atoms with Gasteiger partial charge in [-0.25, -0.2) is 0 Å². The third-order valence-corrected chi connectivity index (χ3v) is 8.78. The van der Waals surface area contributed by atoms with Gasteiger partial charge in [0.05, 0.1) is 30.2 Å². The van der Waals surface area contributed by atoms with Crippen molar-refractivity contribution in [2.75, 3.05) is 18.6 Å². The Balaban J connectivity index is 1.43. The molecule has 9 nitrogen and oxygen atoms in total. The Bertz CT molecular complexity index is 1430. The summed E-state index contributed by atoms with van der Waals surface area (Å²) in [7, 11) is -1.22. The molecular formula is C31H37B2NO8. The van der Waals surface area contributed by atoms with Gasteiger partial charge < -0.3 is 29.6 Å². The first kappa shape index (κ1) is 30.3. The van der Waals surface area contributed by atoms with Crippen molar-refractivity contribution < 1.29 is 39.2 Å². The van der Waals surface area contributed by atoms with Crippen molar-refractivity contribution in [1.29, 1.82) is 0 Å². The molecule has 11 heteroatoms. The van der Waals surface area contributed by atoms with Crippen LogP contribution in [0.3, 0.4) is 0 Å². The van der Waals surface area contributed by atoms with Gasteiger partial charge in [0.1, 0.15) is 5.75 Å². The van der Waals surface area contributed by atoms with Gasteiger partial charge >= 0.3 is 14.2 Å². The number of nitrogens with zero attached hydrogens (tertiary/aromatic N) is 1. The second-order valence-corrected chi connectivity index (χ2v) is 11.8. The number of phenols is 1. The molecule has 2 aromatic rings. The molecule has 0 spiro atoms. The monoisotopic (exact) mass is 573 g/mol. The van der Waals surface area contributed by atoms with Crippen LogP contribution in [0.1, 0.15) is 42.9 Å². The van der Waals surface area contributed by atoms with E-state index in [1.165, 1.54) is 12.1 Å². The first-order valence-corrected chi connectivity index (χ1v) is 14.4. The molecule has 2 amide bonds. The van der Waals surface area contributed by atoms with Crippen LogP contribution in [-0.4, -0.2) is 66.1 Å². The number of allylic oxidation sites excluding steroid dienone is 1. The number of fused-ring (bicyclic) bond motifs is 3. The van der Waals surface area contributed by atoms with E-state index in [1.807, 2.05) is 32.9 Å². The third kappa shape index (κ3) is 5.72. The van der Waals surface area contributed by atoms with Gasteiger partial charge in [0.2, 0.25) is 11.8 Å². The highest BCUT2D eigenvalue weighted by atomic mass is 16.5. The zero-order chi connectivity index (χ0) is 30.3. The van der Waals surface area contributed by atoms with Crippen LogP contribution in [0.4, 0.5) is 5.69 Å². The largest absolute Gasteiger partial charge is 0.507 e. The van der Waals surface area contributed by atoms with Crippen LogP contribution in [-0.2, 0) is 19.0 Å². The molecule has 0 radical (unpaired) electrons. The summed E-state index contributed by atoms with van der Waals surface area (Å²) in [5, 5.41) is 40.2. The normalized spacial score (nSPS) is 24.3. The van der Waals surface area contributed by atoms with E-state index in [0.29, 0.717) is 37.3 Å². The number of hydrogen-bond acceptors (Lipinski definition) is 8. The van der Waals surface area contributed by atoms with Gasteiger partial charge in [-0.1, -0.05) is 23.8 Å². The van der Waals surface area contributed by atoms with Crippen molar-refractivity contribution in [2.45, 2.75) is 52.5 Å². The molecule has 5 rings (SSSR count). The summed E-state index contributed by atoms with van der Waals surface area (Å²) in [5.74, 6) is -2.04. The first-order chi connectivity index (χ1) is 20.0. The molecule has 0 saturated carbocycles. The molecule has 2 fully saturated rings. The second kappa shape index (κ2) is 12.2. The van der Waals surface area contributed by atoms with Gasteiger partial charge in [0, 0.05) is 7.11 Å². The van der Waals surface area contributed by atoms with Crippen LogP contribution >= 0.6 is 0 Å². The van der Waals surface area contributed by atoms with Crippen LogP contribution in [0.15, 0.2) is 53.1 Å². The van der Waals surface area contributed by atoms with Crippen LogP contribution < -0.4 is 10.4 Å². The van der Waals surface area contributed by atoms with E-state index in [0.717, 1.165) is 38.3 Å². The number of aromatic hydroxyl groups is 1. The van der Waals surface area contributed by atoms with Crippen LogP contribution in [0.5, 0.6) is 5.75 Å². The molecule has 2 aromatic carbocycles. The van der Waals surface area contributed by atoms with Gasteiger partial charge in [-0.3, -0.25) is 14.5 Å². The summed E-state index contributed by atoms with van der Waals surface area (Å²) in [6, 6.07) is 10.0. The van der Waals surface area contributed by atoms with Gasteiger partial charge in [0.15, 0.2) is 0 Å². The topological polar surface area (TPSA) is 137 Å².